The van der Waals surface area contributed by atoms with Crippen LogP contribution in [-0.2, 0) is 0 Å². The van der Waals surface area contributed by atoms with Crippen LogP contribution in [-0.4, -0.2) is 41.0 Å². The molecule has 0 bridgehead atoms. The highest BCUT2D eigenvalue weighted by atomic mass is 35.5. The fourth-order valence-corrected chi connectivity index (χ4v) is 2.20. The van der Waals surface area contributed by atoms with Crippen molar-refractivity contribution in [1.82, 2.24) is 14.9 Å². The molecule has 4 nitrogen and oxygen atoms in total. The van der Waals surface area contributed by atoms with E-state index in [1.54, 1.807) is 0 Å². The van der Waals surface area contributed by atoms with Gasteiger partial charge < -0.3 is 10.2 Å². The van der Waals surface area contributed by atoms with Gasteiger partial charge in [0.1, 0.15) is 5.82 Å². The second kappa shape index (κ2) is 5.46. The predicted molar refractivity (Wildman–Crippen MR) is 65.9 cm³/mol. The monoisotopic (exact) mass is 240 g/mol. The van der Waals surface area contributed by atoms with Gasteiger partial charge >= 0.3 is 0 Å². The summed E-state index contributed by atoms with van der Waals surface area (Å²) in [6.07, 6.45) is 2.66. The third-order valence-corrected chi connectivity index (χ3v) is 2.93. The summed E-state index contributed by atoms with van der Waals surface area (Å²) in [6, 6.07) is 1.91. The van der Waals surface area contributed by atoms with Crippen LogP contribution in [0.2, 0.25) is 5.28 Å². The van der Waals surface area contributed by atoms with Gasteiger partial charge in [-0.15, -0.1) is 0 Å². The first kappa shape index (κ1) is 11.6. The molecule has 1 aromatic heterocycles. The average molecular weight is 241 g/mol. The van der Waals surface area contributed by atoms with Crippen LogP contribution in [0.3, 0.4) is 0 Å². The van der Waals surface area contributed by atoms with Crippen LogP contribution < -0.4 is 5.32 Å². The molecule has 1 aliphatic heterocycles. The van der Waals surface area contributed by atoms with Gasteiger partial charge in [0, 0.05) is 24.8 Å². The van der Waals surface area contributed by atoms with Crippen molar-refractivity contribution in [1.29, 1.82) is 0 Å². The Hall–Kier alpha value is -0.870. The number of nitrogens with zero attached hydrogens (tertiary/aromatic N) is 3. The van der Waals surface area contributed by atoms with Crippen LogP contribution in [0.25, 0.3) is 0 Å². The quantitative estimate of drug-likeness (QED) is 0.817. The zero-order valence-corrected chi connectivity index (χ0v) is 10.3. The number of likely N-dealkylation sites (tertiary alicyclic amines) is 1. The molecule has 2 rings (SSSR count). The molecule has 1 N–H and O–H groups in total. The molecule has 1 saturated heterocycles. The summed E-state index contributed by atoms with van der Waals surface area (Å²) in [6.45, 7) is 6.35. The Bertz CT molecular complexity index is 330. The molecule has 1 aromatic rings. The van der Waals surface area contributed by atoms with Crippen LogP contribution in [0.15, 0.2) is 6.07 Å². The molecular weight excluding hydrogens is 224 g/mol. The van der Waals surface area contributed by atoms with Crippen molar-refractivity contribution in [3.05, 3.63) is 17.0 Å². The summed E-state index contributed by atoms with van der Waals surface area (Å²) in [5.74, 6) is 0.816. The minimum atomic E-state index is 0.309. The minimum absolute atomic E-state index is 0.309. The standard InChI is InChI=1S/C11H17ClN4/c1-9-8-10(15-11(12)14-9)13-4-7-16-5-2-3-6-16/h8H,2-7H2,1H3,(H,13,14,15). The van der Waals surface area contributed by atoms with Crippen molar-refractivity contribution >= 4 is 17.4 Å². The number of nitrogens with one attached hydrogen (secondary N) is 1. The highest BCUT2D eigenvalue weighted by molar-refractivity contribution is 6.28. The van der Waals surface area contributed by atoms with E-state index in [9.17, 15) is 0 Å². The van der Waals surface area contributed by atoms with E-state index in [4.69, 9.17) is 11.6 Å². The smallest absolute Gasteiger partial charge is 0.224 e. The number of anilines is 1. The molecule has 0 saturated carbocycles. The zero-order valence-electron chi connectivity index (χ0n) is 9.54. The van der Waals surface area contributed by atoms with Gasteiger partial charge in [-0.3, -0.25) is 0 Å². The third kappa shape index (κ3) is 3.32. The van der Waals surface area contributed by atoms with E-state index >= 15 is 0 Å². The van der Waals surface area contributed by atoms with Crippen LogP contribution in [0.1, 0.15) is 18.5 Å². The first-order valence-corrected chi connectivity index (χ1v) is 6.09. The van der Waals surface area contributed by atoms with Gasteiger partial charge in [-0.05, 0) is 44.5 Å². The Morgan fingerprint density at radius 3 is 2.81 bits per heavy atom. The van der Waals surface area contributed by atoms with Gasteiger partial charge in [0.2, 0.25) is 5.28 Å². The molecule has 0 radical (unpaired) electrons. The first-order valence-electron chi connectivity index (χ1n) is 5.71. The molecule has 0 atom stereocenters. The normalized spacial score (nSPS) is 16.6. The topological polar surface area (TPSA) is 41.0 Å². The van der Waals surface area contributed by atoms with Crippen molar-refractivity contribution < 1.29 is 0 Å². The van der Waals surface area contributed by atoms with E-state index in [2.05, 4.69) is 20.2 Å². The summed E-state index contributed by atoms with van der Waals surface area (Å²) in [7, 11) is 0. The fraction of sp³-hybridized carbons (Fsp3) is 0.636. The predicted octanol–water partition coefficient (Wildman–Crippen LogP) is 1.95. The SMILES string of the molecule is Cc1cc(NCCN2CCCC2)nc(Cl)n1. The Morgan fingerprint density at radius 2 is 2.12 bits per heavy atom. The van der Waals surface area contributed by atoms with Crippen LogP contribution in [0.4, 0.5) is 5.82 Å². The third-order valence-electron chi connectivity index (χ3n) is 2.76. The van der Waals surface area contributed by atoms with E-state index in [0.29, 0.717) is 5.28 Å². The molecule has 0 amide bonds. The van der Waals surface area contributed by atoms with E-state index in [1.165, 1.54) is 25.9 Å². The van der Waals surface area contributed by atoms with Crippen molar-refractivity contribution in [2.75, 3.05) is 31.5 Å². The average Bonchev–Trinajstić information content (AvgIpc) is 2.69. The van der Waals surface area contributed by atoms with E-state index in [-0.39, 0.29) is 0 Å². The summed E-state index contributed by atoms with van der Waals surface area (Å²) in [5.41, 5.74) is 0.892. The molecule has 1 fully saturated rings. The summed E-state index contributed by atoms with van der Waals surface area (Å²) in [5, 5.41) is 3.58. The molecule has 0 aliphatic carbocycles. The fourth-order valence-electron chi connectivity index (χ4n) is 1.97. The molecule has 5 heteroatoms. The number of aryl methyl sites for hydroxylation is 1. The summed E-state index contributed by atoms with van der Waals surface area (Å²) in [4.78, 5) is 10.6. The largest absolute Gasteiger partial charge is 0.369 e. The minimum Gasteiger partial charge on any atom is -0.369 e. The Balaban J connectivity index is 1.80. The number of hydrogen-bond donors (Lipinski definition) is 1. The first-order chi connectivity index (χ1) is 7.74. The summed E-state index contributed by atoms with van der Waals surface area (Å²) >= 11 is 5.78. The van der Waals surface area contributed by atoms with Gasteiger partial charge in [-0.2, -0.15) is 0 Å². The molecule has 0 unspecified atom stereocenters. The van der Waals surface area contributed by atoms with Gasteiger partial charge in [0.15, 0.2) is 0 Å². The lowest BCUT2D eigenvalue weighted by atomic mass is 10.4. The van der Waals surface area contributed by atoms with E-state index in [0.717, 1.165) is 24.6 Å². The molecule has 0 aromatic carbocycles. The maximum absolute atomic E-state index is 5.78. The second-order valence-corrected chi connectivity index (χ2v) is 4.48. The van der Waals surface area contributed by atoms with E-state index < -0.39 is 0 Å². The number of aromatic nitrogens is 2. The lowest BCUT2D eigenvalue weighted by molar-refractivity contribution is 0.352. The van der Waals surface area contributed by atoms with Gasteiger partial charge in [0.05, 0.1) is 0 Å². The Labute approximate surface area is 101 Å². The highest BCUT2D eigenvalue weighted by Crippen LogP contribution is 2.10. The van der Waals surface area contributed by atoms with Crippen LogP contribution >= 0.6 is 11.6 Å². The Morgan fingerprint density at radius 1 is 1.38 bits per heavy atom. The second-order valence-electron chi connectivity index (χ2n) is 4.14. The molecule has 2 heterocycles. The van der Waals surface area contributed by atoms with Crippen molar-refractivity contribution in [3.63, 3.8) is 0 Å². The maximum Gasteiger partial charge on any atom is 0.224 e. The van der Waals surface area contributed by atoms with Crippen molar-refractivity contribution in [2.45, 2.75) is 19.8 Å². The van der Waals surface area contributed by atoms with Crippen molar-refractivity contribution in [3.8, 4) is 0 Å². The lowest BCUT2D eigenvalue weighted by Crippen LogP contribution is -2.26. The zero-order chi connectivity index (χ0) is 11.4. The van der Waals surface area contributed by atoms with E-state index in [1.807, 2.05) is 13.0 Å². The van der Waals surface area contributed by atoms with Gasteiger partial charge in [0.25, 0.3) is 0 Å². The number of hydrogen-bond acceptors (Lipinski definition) is 4. The van der Waals surface area contributed by atoms with Crippen LogP contribution in [0, 0.1) is 6.92 Å². The number of halogens is 1. The maximum atomic E-state index is 5.78. The van der Waals surface area contributed by atoms with Gasteiger partial charge in [-0.1, -0.05) is 0 Å². The highest BCUT2D eigenvalue weighted by Gasteiger charge is 2.10. The molecule has 88 valence electrons. The molecule has 1 aliphatic rings. The molecular formula is C11H17ClN4. The van der Waals surface area contributed by atoms with Gasteiger partial charge in [-0.25, -0.2) is 9.97 Å². The van der Waals surface area contributed by atoms with Crippen molar-refractivity contribution in [2.24, 2.45) is 0 Å². The summed E-state index contributed by atoms with van der Waals surface area (Å²) < 4.78 is 0. The molecule has 0 spiro atoms. The Kier molecular flexibility index (Phi) is 3.96. The number of rotatable bonds is 4. The van der Waals surface area contributed by atoms with Crippen LogP contribution in [0.5, 0.6) is 0 Å². The lowest BCUT2D eigenvalue weighted by Gasteiger charge is -2.15. The molecule has 16 heavy (non-hydrogen) atoms.